The molecule has 0 aromatic carbocycles. The Bertz CT molecular complexity index is 609. The fourth-order valence-corrected chi connectivity index (χ4v) is 2.38. The van der Waals surface area contributed by atoms with Crippen LogP contribution in [0.3, 0.4) is 0 Å². The summed E-state index contributed by atoms with van der Waals surface area (Å²) in [5.74, 6) is -0.502. The first kappa shape index (κ1) is 14.3. The summed E-state index contributed by atoms with van der Waals surface area (Å²) >= 11 is 0. The summed E-state index contributed by atoms with van der Waals surface area (Å²) in [5.41, 5.74) is 0.813. The number of methoxy groups -OCH3 is 1. The van der Waals surface area contributed by atoms with Gasteiger partial charge in [-0.1, -0.05) is 6.07 Å². The fraction of sp³-hybridized carbons (Fsp3) is 0.429. The van der Waals surface area contributed by atoms with Crippen molar-refractivity contribution < 1.29 is 14.6 Å². The molecule has 108 valence electrons. The molecule has 0 saturated carbocycles. The van der Waals surface area contributed by atoms with Gasteiger partial charge < -0.3 is 14.7 Å². The Morgan fingerprint density at radius 2 is 2.30 bits per heavy atom. The van der Waals surface area contributed by atoms with Crippen LogP contribution in [0.5, 0.6) is 0 Å². The van der Waals surface area contributed by atoms with Crippen molar-refractivity contribution in [3.63, 3.8) is 0 Å². The molecule has 1 atom stereocenters. The zero-order valence-corrected chi connectivity index (χ0v) is 11.9. The normalized spacial score (nSPS) is 12.6. The summed E-state index contributed by atoms with van der Waals surface area (Å²) < 4.78 is 6.76. The Morgan fingerprint density at radius 1 is 1.55 bits per heavy atom. The molecule has 0 radical (unpaired) electrons. The van der Waals surface area contributed by atoms with E-state index in [9.17, 15) is 9.90 Å². The second-order valence-corrected chi connectivity index (χ2v) is 4.61. The van der Waals surface area contributed by atoms with Crippen LogP contribution in [-0.4, -0.2) is 46.8 Å². The SMILES string of the molecule is CCN(c1nc2ccccn2c1C(=O)O)C(C)COC. The van der Waals surface area contributed by atoms with Crippen LogP contribution in [0.25, 0.3) is 5.65 Å². The first-order valence-corrected chi connectivity index (χ1v) is 6.56. The Morgan fingerprint density at radius 3 is 2.90 bits per heavy atom. The van der Waals surface area contributed by atoms with Gasteiger partial charge in [0.05, 0.1) is 12.6 Å². The van der Waals surface area contributed by atoms with E-state index in [0.717, 1.165) is 0 Å². The number of anilines is 1. The van der Waals surface area contributed by atoms with Gasteiger partial charge in [-0.25, -0.2) is 9.78 Å². The summed E-state index contributed by atoms with van der Waals surface area (Å²) in [6, 6.07) is 5.48. The van der Waals surface area contributed by atoms with Gasteiger partial charge in [0.15, 0.2) is 11.5 Å². The highest BCUT2D eigenvalue weighted by Crippen LogP contribution is 2.23. The maximum Gasteiger partial charge on any atom is 0.356 e. The molecule has 0 amide bonds. The maximum atomic E-state index is 11.6. The first-order valence-electron chi connectivity index (χ1n) is 6.56. The average Bonchev–Trinajstić information content (AvgIpc) is 2.78. The topological polar surface area (TPSA) is 67.1 Å². The zero-order chi connectivity index (χ0) is 14.7. The molecule has 0 aliphatic carbocycles. The molecular formula is C14H19N3O3. The second-order valence-electron chi connectivity index (χ2n) is 4.61. The van der Waals surface area contributed by atoms with Crippen molar-refractivity contribution in [2.75, 3.05) is 25.2 Å². The first-order chi connectivity index (χ1) is 9.60. The smallest absolute Gasteiger partial charge is 0.356 e. The number of nitrogens with zero attached hydrogens (tertiary/aromatic N) is 3. The van der Waals surface area contributed by atoms with Crippen LogP contribution in [0.1, 0.15) is 24.3 Å². The quantitative estimate of drug-likeness (QED) is 0.873. The number of likely N-dealkylation sites (N-methyl/N-ethyl adjacent to an activating group) is 1. The van der Waals surface area contributed by atoms with Gasteiger partial charge in [0.1, 0.15) is 5.65 Å². The van der Waals surface area contributed by atoms with E-state index >= 15 is 0 Å². The van der Waals surface area contributed by atoms with Gasteiger partial charge in [-0.3, -0.25) is 4.40 Å². The molecule has 0 bridgehead atoms. The molecule has 2 rings (SSSR count). The highest BCUT2D eigenvalue weighted by molar-refractivity contribution is 5.93. The molecule has 0 saturated heterocycles. The third-order valence-electron chi connectivity index (χ3n) is 3.27. The second kappa shape index (κ2) is 5.92. The van der Waals surface area contributed by atoms with E-state index < -0.39 is 5.97 Å². The molecule has 0 aliphatic rings. The Labute approximate surface area is 117 Å². The summed E-state index contributed by atoms with van der Waals surface area (Å²) in [7, 11) is 1.63. The lowest BCUT2D eigenvalue weighted by atomic mass is 10.2. The van der Waals surface area contributed by atoms with Crippen LogP contribution < -0.4 is 4.90 Å². The summed E-state index contributed by atoms with van der Waals surface area (Å²) in [6.07, 6.45) is 1.71. The molecular weight excluding hydrogens is 258 g/mol. The molecule has 1 unspecified atom stereocenters. The van der Waals surface area contributed by atoms with Gasteiger partial charge in [-0.2, -0.15) is 0 Å². The number of hydrogen-bond donors (Lipinski definition) is 1. The van der Waals surface area contributed by atoms with E-state index in [1.54, 1.807) is 29.8 Å². The van der Waals surface area contributed by atoms with E-state index in [2.05, 4.69) is 4.98 Å². The van der Waals surface area contributed by atoms with Crippen molar-refractivity contribution in [2.24, 2.45) is 0 Å². The number of hydrogen-bond acceptors (Lipinski definition) is 4. The number of carboxylic acid groups (broad SMARTS) is 1. The van der Waals surface area contributed by atoms with Crippen LogP contribution in [-0.2, 0) is 4.74 Å². The molecule has 6 nitrogen and oxygen atoms in total. The van der Waals surface area contributed by atoms with Crippen molar-refractivity contribution in [1.29, 1.82) is 0 Å². The maximum absolute atomic E-state index is 11.6. The van der Waals surface area contributed by atoms with Crippen LogP contribution in [0.2, 0.25) is 0 Å². The highest BCUT2D eigenvalue weighted by atomic mass is 16.5. The predicted octanol–water partition coefficient (Wildman–Crippen LogP) is 1.89. The number of aromatic nitrogens is 2. The average molecular weight is 277 g/mol. The lowest BCUT2D eigenvalue weighted by Crippen LogP contribution is -2.37. The highest BCUT2D eigenvalue weighted by Gasteiger charge is 2.25. The van der Waals surface area contributed by atoms with Gasteiger partial charge >= 0.3 is 5.97 Å². The van der Waals surface area contributed by atoms with Gasteiger partial charge in [-0.05, 0) is 26.0 Å². The molecule has 2 heterocycles. The molecule has 2 aromatic heterocycles. The monoisotopic (exact) mass is 277 g/mol. The number of aromatic carboxylic acids is 1. The van der Waals surface area contributed by atoms with E-state index in [1.165, 1.54) is 0 Å². The van der Waals surface area contributed by atoms with Gasteiger partial charge in [0.2, 0.25) is 0 Å². The Balaban J connectivity index is 2.56. The van der Waals surface area contributed by atoms with Crippen molar-refractivity contribution in [3.05, 3.63) is 30.1 Å². The molecule has 6 heteroatoms. The molecule has 20 heavy (non-hydrogen) atoms. The summed E-state index contributed by atoms with van der Waals surface area (Å²) in [6.45, 7) is 5.14. The van der Waals surface area contributed by atoms with Crippen molar-refractivity contribution in [2.45, 2.75) is 19.9 Å². The third kappa shape index (κ3) is 2.46. The molecule has 2 aromatic rings. The predicted molar refractivity (Wildman–Crippen MR) is 76.5 cm³/mol. The van der Waals surface area contributed by atoms with Crippen LogP contribution in [0.15, 0.2) is 24.4 Å². The number of carboxylic acids is 1. The Kier molecular flexibility index (Phi) is 4.24. The number of ether oxygens (including phenoxy) is 1. The van der Waals surface area contributed by atoms with Crippen LogP contribution >= 0.6 is 0 Å². The van der Waals surface area contributed by atoms with Crippen molar-refractivity contribution >= 4 is 17.4 Å². The van der Waals surface area contributed by atoms with Gasteiger partial charge in [-0.15, -0.1) is 0 Å². The van der Waals surface area contributed by atoms with Crippen molar-refractivity contribution in [3.8, 4) is 0 Å². The third-order valence-corrected chi connectivity index (χ3v) is 3.27. The number of rotatable bonds is 6. The molecule has 0 spiro atoms. The lowest BCUT2D eigenvalue weighted by molar-refractivity contribution is 0.0689. The van der Waals surface area contributed by atoms with E-state index in [4.69, 9.17) is 4.74 Å². The number of pyridine rings is 1. The van der Waals surface area contributed by atoms with E-state index in [0.29, 0.717) is 24.6 Å². The number of fused-ring (bicyclic) bond motifs is 1. The molecule has 0 aliphatic heterocycles. The standard InChI is InChI=1S/C14H19N3O3/c1-4-16(10(2)9-20-3)13-12(14(18)19)17-8-6-5-7-11(17)15-13/h5-8,10H,4,9H2,1-3H3,(H,18,19). The Hall–Kier alpha value is -2.08. The number of carbonyl (C=O) groups is 1. The minimum atomic E-state index is -0.984. The molecule has 0 fully saturated rings. The number of imidazole rings is 1. The van der Waals surface area contributed by atoms with E-state index in [1.807, 2.05) is 24.8 Å². The fourth-order valence-electron chi connectivity index (χ4n) is 2.38. The van der Waals surface area contributed by atoms with Crippen LogP contribution in [0, 0.1) is 0 Å². The van der Waals surface area contributed by atoms with Crippen molar-refractivity contribution in [1.82, 2.24) is 9.38 Å². The molecule has 1 N–H and O–H groups in total. The summed E-state index contributed by atoms with van der Waals surface area (Å²) in [5, 5.41) is 9.49. The minimum absolute atomic E-state index is 0.0491. The van der Waals surface area contributed by atoms with E-state index in [-0.39, 0.29) is 11.7 Å². The van der Waals surface area contributed by atoms with Crippen LogP contribution in [0.4, 0.5) is 5.82 Å². The minimum Gasteiger partial charge on any atom is -0.476 e. The van der Waals surface area contributed by atoms with Gasteiger partial charge in [0, 0.05) is 19.9 Å². The lowest BCUT2D eigenvalue weighted by Gasteiger charge is -2.27. The summed E-state index contributed by atoms with van der Waals surface area (Å²) in [4.78, 5) is 18.0. The zero-order valence-electron chi connectivity index (χ0n) is 11.9. The largest absolute Gasteiger partial charge is 0.476 e. The van der Waals surface area contributed by atoms with Gasteiger partial charge in [0.25, 0.3) is 0 Å².